The lowest BCUT2D eigenvalue weighted by Crippen LogP contribution is -2.57. The molecule has 1 fully saturated rings. The van der Waals surface area contributed by atoms with E-state index in [9.17, 15) is 20.1 Å². The van der Waals surface area contributed by atoms with Crippen molar-refractivity contribution in [3.8, 4) is 0 Å². The van der Waals surface area contributed by atoms with Crippen molar-refractivity contribution in [1.82, 2.24) is 0 Å². The molecule has 1 heterocycles. The van der Waals surface area contributed by atoms with E-state index in [-0.39, 0.29) is 0 Å². The van der Waals surface area contributed by atoms with Gasteiger partial charge in [-0.05, 0) is 29.5 Å². The van der Waals surface area contributed by atoms with E-state index in [1.54, 1.807) is 24.3 Å². The van der Waals surface area contributed by atoms with Gasteiger partial charge in [0, 0.05) is 11.4 Å². The van der Waals surface area contributed by atoms with Crippen LogP contribution in [0.25, 0.3) is 0 Å². The Morgan fingerprint density at radius 1 is 1.19 bits per heavy atom. The molecule has 6 nitrogen and oxygen atoms in total. The summed E-state index contributed by atoms with van der Waals surface area (Å²) in [6.45, 7) is 0. The van der Waals surface area contributed by atoms with Gasteiger partial charge in [0.25, 0.3) is 5.24 Å². The predicted molar refractivity (Wildman–Crippen MR) is 79.0 cm³/mol. The minimum atomic E-state index is -1.41. The first-order valence-corrected chi connectivity index (χ1v) is 7.54. The topological polar surface area (TPSA) is 113 Å². The number of hydrogen-bond acceptors (Lipinski definition) is 6. The van der Waals surface area contributed by atoms with Crippen molar-refractivity contribution in [1.29, 1.82) is 0 Å². The molecule has 5 unspecified atom stereocenters. The monoisotopic (exact) mass is 333 g/mol. The number of nitrogens with two attached hydrogens (primary N) is 1. The fourth-order valence-electron chi connectivity index (χ4n) is 2.15. The largest absolute Gasteiger partial charge is 0.388 e. The lowest BCUT2D eigenvalue weighted by Gasteiger charge is -2.39. The van der Waals surface area contributed by atoms with E-state index in [1.165, 1.54) is 0 Å². The molecule has 0 saturated carbocycles. The number of aliphatic hydroxyl groups excluding tert-OH is 3. The van der Waals surface area contributed by atoms with Crippen LogP contribution in [0.3, 0.4) is 0 Å². The first kappa shape index (κ1) is 16.5. The molecule has 116 valence electrons. The summed E-state index contributed by atoms with van der Waals surface area (Å²) >= 11 is 6.38. The molecule has 2 rings (SSSR count). The Hall–Kier alpha value is -0.830. The van der Waals surface area contributed by atoms with Crippen molar-refractivity contribution in [2.75, 3.05) is 0 Å². The number of benzene rings is 1. The molecule has 1 saturated heterocycles. The number of aliphatic hydroxyl groups is 3. The quantitative estimate of drug-likeness (QED) is 0.641. The summed E-state index contributed by atoms with van der Waals surface area (Å²) in [6.07, 6.45) is -4.52. The summed E-state index contributed by atoms with van der Waals surface area (Å²) < 4.78 is 5.50. The third-order valence-electron chi connectivity index (χ3n) is 3.25. The van der Waals surface area contributed by atoms with Crippen LogP contribution >= 0.6 is 23.4 Å². The van der Waals surface area contributed by atoms with Gasteiger partial charge in [0.05, 0.1) is 6.10 Å². The van der Waals surface area contributed by atoms with Crippen molar-refractivity contribution in [3.63, 3.8) is 0 Å². The third-order valence-corrected chi connectivity index (χ3v) is 4.36. The average Bonchev–Trinajstić information content (AvgIpc) is 2.43. The van der Waals surface area contributed by atoms with Crippen LogP contribution in [0.1, 0.15) is 5.56 Å². The normalized spacial score (nSPS) is 32.9. The second-order valence-electron chi connectivity index (χ2n) is 4.78. The van der Waals surface area contributed by atoms with Gasteiger partial charge in [0.1, 0.15) is 23.7 Å². The van der Waals surface area contributed by atoms with E-state index in [4.69, 9.17) is 22.1 Å². The third kappa shape index (κ3) is 4.09. The number of carbonyl (C=O) groups is 1. The highest BCUT2D eigenvalue weighted by molar-refractivity contribution is 8.13. The van der Waals surface area contributed by atoms with Crippen LogP contribution in [0.15, 0.2) is 24.3 Å². The Morgan fingerprint density at radius 2 is 1.81 bits per heavy atom. The fourth-order valence-corrected chi connectivity index (χ4v) is 3.00. The molecule has 0 radical (unpaired) electrons. The highest BCUT2D eigenvalue weighted by atomic mass is 35.5. The highest BCUT2D eigenvalue weighted by Gasteiger charge is 2.44. The Bertz CT molecular complexity index is 500. The van der Waals surface area contributed by atoms with E-state index >= 15 is 0 Å². The van der Waals surface area contributed by atoms with Crippen LogP contribution in [-0.2, 0) is 11.2 Å². The van der Waals surface area contributed by atoms with Gasteiger partial charge in [-0.25, -0.2) is 0 Å². The van der Waals surface area contributed by atoms with Gasteiger partial charge in [-0.3, -0.25) is 4.79 Å². The van der Waals surface area contributed by atoms with Crippen LogP contribution in [-0.4, -0.2) is 50.4 Å². The molecule has 1 aromatic carbocycles. The van der Waals surface area contributed by atoms with Gasteiger partial charge in [-0.15, -0.1) is 0 Å². The minimum Gasteiger partial charge on any atom is -0.388 e. The Labute approximate surface area is 130 Å². The van der Waals surface area contributed by atoms with Crippen molar-refractivity contribution in [2.24, 2.45) is 5.73 Å². The maximum Gasteiger partial charge on any atom is 0.279 e. The zero-order valence-electron chi connectivity index (χ0n) is 10.9. The molecule has 5 N–H and O–H groups in total. The average molecular weight is 334 g/mol. The standard InChI is InChI=1S/C13H16ClNO5S/c14-7-3-1-6(2-4-7)5-8-9(16)10(17)11(18)12(20-8)21-13(15)19/h1-4,8-12,16-18H,5H2,(H2,15,19). The molecule has 21 heavy (non-hydrogen) atoms. The van der Waals surface area contributed by atoms with Gasteiger partial charge in [0.15, 0.2) is 0 Å². The van der Waals surface area contributed by atoms with Gasteiger partial charge < -0.3 is 25.8 Å². The summed E-state index contributed by atoms with van der Waals surface area (Å²) in [6, 6.07) is 6.94. The molecule has 5 atom stereocenters. The van der Waals surface area contributed by atoms with Crippen molar-refractivity contribution >= 4 is 28.6 Å². The summed E-state index contributed by atoms with van der Waals surface area (Å²) in [5.74, 6) is 0. The number of amides is 1. The summed E-state index contributed by atoms with van der Waals surface area (Å²) in [5, 5.41) is 29.5. The molecule has 8 heteroatoms. The Balaban J connectivity index is 2.10. The smallest absolute Gasteiger partial charge is 0.279 e. The second kappa shape index (κ2) is 6.95. The number of rotatable bonds is 3. The van der Waals surface area contributed by atoms with Gasteiger partial charge in [-0.2, -0.15) is 0 Å². The van der Waals surface area contributed by atoms with Crippen LogP contribution < -0.4 is 5.73 Å². The van der Waals surface area contributed by atoms with Gasteiger partial charge in [0.2, 0.25) is 0 Å². The number of primary amides is 1. The molecule has 1 aliphatic heterocycles. The molecule has 1 aliphatic rings. The molecule has 0 aliphatic carbocycles. The van der Waals surface area contributed by atoms with Crippen LogP contribution in [0, 0.1) is 0 Å². The van der Waals surface area contributed by atoms with E-state index in [2.05, 4.69) is 0 Å². The number of carbonyl (C=O) groups excluding carboxylic acids is 1. The first-order valence-electron chi connectivity index (χ1n) is 6.28. The predicted octanol–water partition coefficient (Wildman–Crippen LogP) is 0.502. The van der Waals surface area contributed by atoms with Crippen molar-refractivity contribution in [2.45, 2.75) is 36.3 Å². The van der Waals surface area contributed by atoms with Gasteiger partial charge >= 0.3 is 0 Å². The molecule has 0 spiro atoms. The van der Waals surface area contributed by atoms with Gasteiger partial charge in [-0.1, -0.05) is 23.7 Å². The molecule has 0 aromatic heterocycles. The van der Waals surface area contributed by atoms with E-state index < -0.39 is 35.1 Å². The number of hydrogen-bond donors (Lipinski definition) is 4. The number of halogens is 1. The first-order chi connectivity index (χ1) is 9.88. The summed E-state index contributed by atoms with van der Waals surface area (Å²) in [7, 11) is 0. The molecular weight excluding hydrogens is 318 g/mol. The van der Waals surface area contributed by atoms with Crippen molar-refractivity contribution < 1.29 is 24.9 Å². The van der Waals surface area contributed by atoms with E-state index in [0.717, 1.165) is 5.56 Å². The van der Waals surface area contributed by atoms with Crippen LogP contribution in [0.2, 0.25) is 5.02 Å². The Kier molecular flexibility index (Phi) is 5.48. The Morgan fingerprint density at radius 3 is 2.38 bits per heavy atom. The van der Waals surface area contributed by atoms with Crippen LogP contribution in [0.4, 0.5) is 4.79 Å². The second-order valence-corrected chi connectivity index (χ2v) is 6.32. The zero-order valence-corrected chi connectivity index (χ0v) is 12.5. The SMILES string of the molecule is NC(=O)SC1OC(Cc2ccc(Cl)cc2)C(O)C(O)C1O. The van der Waals surface area contributed by atoms with Crippen LogP contribution in [0.5, 0.6) is 0 Å². The van der Waals surface area contributed by atoms with Crippen molar-refractivity contribution in [3.05, 3.63) is 34.9 Å². The maximum absolute atomic E-state index is 10.9. The van der Waals surface area contributed by atoms with E-state index in [1.807, 2.05) is 0 Å². The highest BCUT2D eigenvalue weighted by Crippen LogP contribution is 2.30. The summed E-state index contributed by atoms with van der Waals surface area (Å²) in [4.78, 5) is 10.9. The van der Waals surface area contributed by atoms with E-state index in [0.29, 0.717) is 23.2 Å². The molecule has 1 amide bonds. The molecular formula is C13H16ClNO5S. The lowest BCUT2D eigenvalue weighted by molar-refractivity contribution is -0.196. The molecule has 0 bridgehead atoms. The summed E-state index contributed by atoms with van der Waals surface area (Å²) in [5.41, 5.74) is 4.88. The number of thioether (sulfide) groups is 1. The lowest BCUT2D eigenvalue weighted by atomic mass is 9.95. The zero-order chi connectivity index (χ0) is 15.6. The fraction of sp³-hybridized carbons (Fsp3) is 0.462. The molecule has 1 aromatic rings. The maximum atomic E-state index is 10.9. The minimum absolute atomic E-state index is 0.304. The number of ether oxygens (including phenoxy) is 1.